The van der Waals surface area contributed by atoms with Gasteiger partial charge >= 0.3 is 0 Å². The van der Waals surface area contributed by atoms with Gasteiger partial charge in [0.1, 0.15) is 5.76 Å². The van der Waals surface area contributed by atoms with Crippen molar-refractivity contribution in [2.45, 2.75) is 13.8 Å². The Labute approximate surface area is 94.1 Å². The molecule has 0 bridgehead atoms. The van der Waals surface area contributed by atoms with Crippen molar-refractivity contribution >= 4 is 23.4 Å². The quantitative estimate of drug-likeness (QED) is 0.354. The second-order valence-electron chi connectivity index (χ2n) is 3.37. The van der Waals surface area contributed by atoms with Crippen LogP contribution in [0.2, 0.25) is 0 Å². The van der Waals surface area contributed by atoms with Gasteiger partial charge in [-0.25, -0.2) is 0 Å². The number of allylic oxidation sites excluding steroid dienone is 2. The first-order valence-electron chi connectivity index (χ1n) is 4.81. The molecule has 0 unspecified atom stereocenters. The molecule has 0 aliphatic carbocycles. The normalized spacial score (nSPS) is 12.6. The summed E-state index contributed by atoms with van der Waals surface area (Å²) < 4.78 is 0. The number of hydrogen-bond acceptors (Lipinski definition) is 4. The van der Waals surface area contributed by atoms with E-state index in [1.165, 1.54) is 20.1 Å². The first-order chi connectivity index (χ1) is 7.52. The topological polar surface area (TPSA) is 75.7 Å². The fourth-order valence-electron chi connectivity index (χ4n) is 1.18. The number of aliphatic hydroxyl groups excluding tert-OH is 1. The predicted octanol–water partition coefficient (Wildman–Crippen LogP) is 2.39. The SMILES string of the molecule is CC(=O)C(C=Nc1ccccc1N)=C(C)O. The van der Waals surface area contributed by atoms with E-state index in [-0.39, 0.29) is 17.1 Å². The smallest absolute Gasteiger partial charge is 0.164 e. The van der Waals surface area contributed by atoms with Gasteiger partial charge in [-0.3, -0.25) is 9.79 Å². The Kier molecular flexibility index (Phi) is 3.83. The van der Waals surface area contributed by atoms with Gasteiger partial charge in [0, 0.05) is 6.21 Å². The fraction of sp³-hybridized carbons (Fsp3) is 0.167. The summed E-state index contributed by atoms with van der Waals surface area (Å²) in [5.41, 5.74) is 6.96. The number of nitrogens with two attached hydrogens (primary N) is 1. The molecule has 4 nitrogen and oxygen atoms in total. The zero-order valence-corrected chi connectivity index (χ0v) is 9.27. The third-order valence-electron chi connectivity index (χ3n) is 2.04. The van der Waals surface area contributed by atoms with Crippen LogP contribution < -0.4 is 5.73 Å². The van der Waals surface area contributed by atoms with E-state index in [0.717, 1.165) is 0 Å². The predicted molar refractivity (Wildman–Crippen MR) is 65.0 cm³/mol. The lowest BCUT2D eigenvalue weighted by Crippen LogP contribution is -2.01. The molecule has 0 atom stereocenters. The van der Waals surface area contributed by atoms with Gasteiger partial charge in [-0.2, -0.15) is 0 Å². The largest absolute Gasteiger partial charge is 0.512 e. The first kappa shape index (κ1) is 12.0. The van der Waals surface area contributed by atoms with Crippen molar-refractivity contribution in [2.75, 3.05) is 5.73 Å². The Morgan fingerprint density at radius 2 is 2.00 bits per heavy atom. The number of nitrogens with zero attached hydrogens (tertiary/aromatic N) is 1. The van der Waals surface area contributed by atoms with Crippen LogP contribution in [0.4, 0.5) is 11.4 Å². The minimum atomic E-state index is -0.238. The molecule has 0 aromatic heterocycles. The van der Waals surface area contributed by atoms with Gasteiger partial charge in [0.25, 0.3) is 0 Å². The van der Waals surface area contributed by atoms with E-state index in [1.807, 2.05) is 0 Å². The van der Waals surface area contributed by atoms with E-state index in [2.05, 4.69) is 4.99 Å². The minimum Gasteiger partial charge on any atom is -0.512 e. The van der Waals surface area contributed by atoms with E-state index < -0.39 is 0 Å². The molecule has 4 heteroatoms. The molecule has 3 N–H and O–H groups in total. The highest BCUT2D eigenvalue weighted by molar-refractivity contribution is 6.13. The molecule has 0 aliphatic rings. The highest BCUT2D eigenvalue weighted by Gasteiger charge is 2.04. The van der Waals surface area contributed by atoms with E-state index in [0.29, 0.717) is 11.4 Å². The third kappa shape index (κ3) is 2.95. The second-order valence-corrected chi connectivity index (χ2v) is 3.37. The molecule has 0 fully saturated rings. The summed E-state index contributed by atoms with van der Waals surface area (Å²) in [6.07, 6.45) is 1.32. The van der Waals surface area contributed by atoms with Crippen molar-refractivity contribution < 1.29 is 9.90 Å². The Hall–Kier alpha value is -2.10. The lowest BCUT2D eigenvalue weighted by atomic mass is 10.2. The van der Waals surface area contributed by atoms with Crippen molar-refractivity contribution in [3.63, 3.8) is 0 Å². The van der Waals surface area contributed by atoms with E-state index >= 15 is 0 Å². The Morgan fingerprint density at radius 1 is 1.38 bits per heavy atom. The van der Waals surface area contributed by atoms with Gasteiger partial charge in [-0.05, 0) is 26.0 Å². The molecule has 0 saturated heterocycles. The molecule has 1 aromatic carbocycles. The molecule has 16 heavy (non-hydrogen) atoms. The molecular weight excluding hydrogens is 204 g/mol. The van der Waals surface area contributed by atoms with Gasteiger partial charge < -0.3 is 10.8 Å². The molecule has 0 radical (unpaired) electrons. The molecule has 0 spiro atoms. The molecule has 0 heterocycles. The van der Waals surface area contributed by atoms with Crippen molar-refractivity contribution in [1.82, 2.24) is 0 Å². The van der Waals surface area contributed by atoms with E-state index in [4.69, 9.17) is 5.73 Å². The van der Waals surface area contributed by atoms with Crippen LogP contribution in [-0.2, 0) is 4.79 Å². The monoisotopic (exact) mass is 218 g/mol. The van der Waals surface area contributed by atoms with Gasteiger partial charge in [0.05, 0.1) is 16.9 Å². The number of aliphatic imine (C=N–C) groups is 1. The lowest BCUT2D eigenvalue weighted by Gasteiger charge is -2.00. The maximum absolute atomic E-state index is 11.2. The van der Waals surface area contributed by atoms with Crippen LogP contribution in [0.1, 0.15) is 13.8 Å². The lowest BCUT2D eigenvalue weighted by molar-refractivity contribution is -0.113. The van der Waals surface area contributed by atoms with Gasteiger partial charge in [0.2, 0.25) is 0 Å². The zero-order valence-electron chi connectivity index (χ0n) is 9.27. The highest BCUT2D eigenvalue weighted by atomic mass is 16.3. The summed E-state index contributed by atoms with van der Waals surface area (Å²) in [5.74, 6) is -0.288. The average molecular weight is 218 g/mol. The number of carbonyl (C=O) groups excluding carboxylic acids is 1. The van der Waals surface area contributed by atoms with Crippen LogP contribution in [0.3, 0.4) is 0 Å². The van der Waals surface area contributed by atoms with Gasteiger partial charge in [-0.15, -0.1) is 0 Å². The second kappa shape index (κ2) is 5.11. The number of aliphatic hydroxyl groups is 1. The number of benzene rings is 1. The van der Waals surface area contributed by atoms with E-state index in [9.17, 15) is 9.90 Å². The standard InChI is InChI=1S/C12H14N2O2/c1-8(15)10(9(2)16)7-14-12-6-4-3-5-11(12)13/h3-7,15H,13H2,1-2H3. The molecular formula is C12H14N2O2. The number of rotatable bonds is 3. The first-order valence-corrected chi connectivity index (χ1v) is 4.81. The summed E-state index contributed by atoms with van der Waals surface area (Å²) >= 11 is 0. The summed E-state index contributed by atoms with van der Waals surface area (Å²) in [6.45, 7) is 2.81. The van der Waals surface area contributed by atoms with Gasteiger partial charge in [-0.1, -0.05) is 12.1 Å². The number of hydrogen-bond donors (Lipinski definition) is 2. The van der Waals surface area contributed by atoms with Crippen LogP contribution in [0, 0.1) is 0 Å². The maximum atomic E-state index is 11.2. The Morgan fingerprint density at radius 3 is 2.50 bits per heavy atom. The van der Waals surface area contributed by atoms with E-state index in [1.54, 1.807) is 24.3 Å². The summed E-state index contributed by atoms with van der Waals surface area (Å²) in [7, 11) is 0. The third-order valence-corrected chi connectivity index (χ3v) is 2.04. The minimum absolute atomic E-state index is 0.0502. The van der Waals surface area contributed by atoms with Crippen LogP contribution in [0.5, 0.6) is 0 Å². The van der Waals surface area contributed by atoms with Crippen molar-refractivity contribution in [3.05, 3.63) is 35.6 Å². The molecule has 1 aromatic rings. The number of para-hydroxylation sites is 2. The molecule has 0 saturated carbocycles. The van der Waals surface area contributed by atoms with Crippen LogP contribution in [-0.4, -0.2) is 17.1 Å². The number of nitrogen functional groups attached to an aromatic ring is 1. The molecule has 1 rings (SSSR count). The summed E-state index contributed by atoms with van der Waals surface area (Å²) in [6, 6.07) is 7.05. The highest BCUT2D eigenvalue weighted by Crippen LogP contribution is 2.20. The number of carbonyl (C=O) groups is 1. The maximum Gasteiger partial charge on any atom is 0.164 e. The Balaban J connectivity index is 3.02. The van der Waals surface area contributed by atoms with Crippen LogP contribution >= 0.6 is 0 Å². The van der Waals surface area contributed by atoms with Crippen LogP contribution in [0.15, 0.2) is 40.6 Å². The van der Waals surface area contributed by atoms with Crippen molar-refractivity contribution in [3.8, 4) is 0 Å². The number of Topliss-reactive ketones (excluding diaryl/α,β-unsaturated/α-hetero) is 1. The van der Waals surface area contributed by atoms with Crippen molar-refractivity contribution in [2.24, 2.45) is 4.99 Å². The van der Waals surface area contributed by atoms with Crippen molar-refractivity contribution in [1.29, 1.82) is 0 Å². The Bertz CT molecular complexity index is 458. The molecule has 0 aliphatic heterocycles. The number of ketones is 1. The zero-order chi connectivity index (χ0) is 12.1. The summed E-state index contributed by atoms with van der Waals surface area (Å²) in [4.78, 5) is 15.2. The van der Waals surface area contributed by atoms with Gasteiger partial charge in [0.15, 0.2) is 5.78 Å². The average Bonchev–Trinajstić information content (AvgIpc) is 2.20. The fourth-order valence-corrected chi connectivity index (χ4v) is 1.18. The summed E-state index contributed by atoms with van der Waals surface area (Å²) in [5, 5.41) is 9.27. The molecule has 84 valence electrons. The number of anilines is 1. The van der Waals surface area contributed by atoms with Crippen LogP contribution in [0.25, 0.3) is 0 Å². The molecule has 0 amide bonds.